The molecule has 3 aromatic rings. The molecule has 2 heterocycles. The lowest BCUT2D eigenvalue weighted by molar-refractivity contribution is 0.101. The summed E-state index contributed by atoms with van der Waals surface area (Å²) in [4.78, 5) is 16.3. The number of ether oxygens (including phenoxy) is 1. The molecule has 0 spiro atoms. The first-order valence-electron chi connectivity index (χ1n) is 7.37. The van der Waals surface area contributed by atoms with E-state index in [1.165, 1.54) is 22.9 Å². The molecule has 8 heteroatoms. The number of halogens is 2. The second kappa shape index (κ2) is 7.31. The van der Waals surface area contributed by atoms with Gasteiger partial charge in [-0.25, -0.2) is 14.1 Å². The van der Waals surface area contributed by atoms with E-state index in [2.05, 4.69) is 15.4 Å². The number of hydrogen-bond acceptors (Lipinski definition) is 4. The van der Waals surface area contributed by atoms with Crippen LogP contribution in [0.3, 0.4) is 0 Å². The molecule has 1 aromatic carbocycles. The van der Waals surface area contributed by atoms with Gasteiger partial charge in [-0.1, -0.05) is 17.7 Å². The fourth-order valence-electron chi connectivity index (χ4n) is 2.05. The third-order valence-corrected chi connectivity index (χ3v) is 3.66. The van der Waals surface area contributed by atoms with Crippen LogP contribution in [-0.2, 0) is 6.73 Å². The van der Waals surface area contributed by atoms with E-state index in [4.69, 9.17) is 16.3 Å². The number of nitrogens with one attached hydrogen (secondary N) is 1. The van der Waals surface area contributed by atoms with Crippen molar-refractivity contribution < 1.29 is 13.9 Å². The average Bonchev–Trinajstić information content (AvgIpc) is 3.07. The molecule has 1 N–H and O–H groups in total. The molecular weight excluding hydrogens is 347 g/mol. The predicted molar refractivity (Wildman–Crippen MR) is 91.2 cm³/mol. The van der Waals surface area contributed by atoms with E-state index < -0.39 is 5.82 Å². The van der Waals surface area contributed by atoms with Gasteiger partial charge in [-0.05, 0) is 36.8 Å². The third-order valence-electron chi connectivity index (χ3n) is 3.37. The van der Waals surface area contributed by atoms with Crippen LogP contribution in [0.2, 0.25) is 5.02 Å². The van der Waals surface area contributed by atoms with Gasteiger partial charge >= 0.3 is 0 Å². The van der Waals surface area contributed by atoms with Crippen molar-refractivity contribution in [2.24, 2.45) is 0 Å². The molecular formula is C17H14ClFN4O2. The molecule has 0 aliphatic rings. The number of aromatic nitrogens is 3. The first-order chi connectivity index (χ1) is 12.0. The first-order valence-corrected chi connectivity index (χ1v) is 7.75. The zero-order chi connectivity index (χ0) is 17.8. The number of amides is 1. The van der Waals surface area contributed by atoms with Crippen molar-refractivity contribution in [1.29, 1.82) is 0 Å². The van der Waals surface area contributed by atoms with Crippen LogP contribution in [0, 0.1) is 12.7 Å². The van der Waals surface area contributed by atoms with E-state index in [0.717, 1.165) is 5.56 Å². The monoisotopic (exact) mass is 360 g/mol. The Labute approximate surface area is 148 Å². The Morgan fingerprint density at radius 2 is 2.20 bits per heavy atom. The highest BCUT2D eigenvalue weighted by Gasteiger charge is 2.12. The zero-order valence-electron chi connectivity index (χ0n) is 13.2. The summed E-state index contributed by atoms with van der Waals surface area (Å²) < 4.78 is 20.0. The Kier molecular flexibility index (Phi) is 4.95. The van der Waals surface area contributed by atoms with Crippen molar-refractivity contribution >= 4 is 23.3 Å². The fraction of sp³-hybridized carbons (Fsp3) is 0.118. The van der Waals surface area contributed by atoms with Crippen molar-refractivity contribution in [2.45, 2.75) is 13.7 Å². The van der Waals surface area contributed by atoms with Gasteiger partial charge in [0.15, 0.2) is 12.4 Å². The summed E-state index contributed by atoms with van der Waals surface area (Å²) in [6.07, 6.45) is 3.20. The summed E-state index contributed by atoms with van der Waals surface area (Å²) in [5, 5.41) is 6.81. The van der Waals surface area contributed by atoms with Crippen LogP contribution >= 0.6 is 11.6 Å². The lowest BCUT2D eigenvalue weighted by atomic mass is 10.3. The number of carbonyl (C=O) groups is 1. The molecule has 0 atom stereocenters. The predicted octanol–water partition coefficient (Wildman–Crippen LogP) is 3.67. The Morgan fingerprint density at radius 1 is 1.36 bits per heavy atom. The molecule has 3 rings (SSSR count). The molecule has 6 nitrogen and oxygen atoms in total. The van der Waals surface area contributed by atoms with E-state index in [0.29, 0.717) is 11.6 Å². The Bertz CT molecular complexity index is 913. The number of carbonyl (C=O) groups excluding carboxylic acids is 1. The van der Waals surface area contributed by atoms with Gasteiger partial charge in [-0.15, -0.1) is 0 Å². The third kappa shape index (κ3) is 4.13. The summed E-state index contributed by atoms with van der Waals surface area (Å²) >= 11 is 5.69. The Balaban J connectivity index is 1.62. The second-order valence-electron chi connectivity index (χ2n) is 5.21. The Morgan fingerprint density at radius 3 is 2.96 bits per heavy atom. The standard InChI is InChI=1S/C17H14ClFN4O2/c1-11-3-2-7-20-16(11)21-17(24)15-6-8-23(22-15)10-25-12-4-5-14(19)13(18)9-12/h2-9H,10H2,1H3,(H,20,21,24). The molecule has 0 bridgehead atoms. The zero-order valence-corrected chi connectivity index (χ0v) is 14.0. The SMILES string of the molecule is Cc1cccnc1NC(=O)c1ccn(COc2ccc(F)c(Cl)c2)n1. The van der Waals surface area contributed by atoms with Crippen molar-refractivity contribution in [3.63, 3.8) is 0 Å². The summed E-state index contributed by atoms with van der Waals surface area (Å²) in [6.45, 7) is 1.90. The minimum absolute atomic E-state index is 0.0243. The largest absolute Gasteiger partial charge is 0.471 e. The maximum atomic E-state index is 13.1. The molecule has 0 saturated carbocycles. The lowest BCUT2D eigenvalue weighted by Crippen LogP contribution is -2.15. The van der Waals surface area contributed by atoms with Gasteiger partial charge in [0.1, 0.15) is 17.4 Å². The molecule has 0 radical (unpaired) electrons. The van der Waals surface area contributed by atoms with Gasteiger partial charge < -0.3 is 10.1 Å². The number of pyridine rings is 1. The molecule has 25 heavy (non-hydrogen) atoms. The van der Waals surface area contributed by atoms with Crippen LogP contribution in [0.1, 0.15) is 16.1 Å². The molecule has 128 valence electrons. The van der Waals surface area contributed by atoms with E-state index >= 15 is 0 Å². The average molecular weight is 361 g/mol. The molecule has 0 saturated heterocycles. The topological polar surface area (TPSA) is 69.0 Å². The van der Waals surface area contributed by atoms with Crippen molar-refractivity contribution in [1.82, 2.24) is 14.8 Å². The Hall–Kier alpha value is -2.93. The van der Waals surface area contributed by atoms with Crippen molar-refractivity contribution in [2.75, 3.05) is 5.32 Å². The first kappa shape index (κ1) is 16.9. The highest BCUT2D eigenvalue weighted by molar-refractivity contribution is 6.30. The normalized spacial score (nSPS) is 10.5. The minimum Gasteiger partial charge on any atom is -0.471 e. The van der Waals surface area contributed by atoms with Crippen LogP contribution in [-0.4, -0.2) is 20.7 Å². The number of nitrogens with zero attached hydrogens (tertiary/aromatic N) is 3. The summed E-state index contributed by atoms with van der Waals surface area (Å²) in [5.41, 5.74) is 1.08. The molecule has 2 aromatic heterocycles. The second-order valence-corrected chi connectivity index (χ2v) is 5.62. The van der Waals surface area contributed by atoms with E-state index in [1.54, 1.807) is 24.5 Å². The number of benzene rings is 1. The fourth-order valence-corrected chi connectivity index (χ4v) is 2.22. The number of aryl methyl sites for hydroxylation is 1. The minimum atomic E-state index is -0.517. The van der Waals surface area contributed by atoms with E-state index in [1.807, 2.05) is 13.0 Å². The van der Waals surface area contributed by atoms with Crippen LogP contribution < -0.4 is 10.1 Å². The highest BCUT2D eigenvalue weighted by atomic mass is 35.5. The quantitative estimate of drug-likeness (QED) is 0.753. The van der Waals surface area contributed by atoms with Crippen molar-refractivity contribution in [3.8, 4) is 5.75 Å². The van der Waals surface area contributed by atoms with E-state index in [9.17, 15) is 9.18 Å². The van der Waals surface area contributed by atoms with Gasteiger partial charge in [0, 0.05) is 18.5 Å². The van der Waals surface area contributed by atoms with Gasteiger partial charge in [-0.3, -0.25) is 4.79 Å². The summed E-state index contributed by atoms with van der Waals surface area (Å²) in [6, 6.07) is 9.26. The molecule has 0 fully saturated rings. The van der Waals surface area contributed by atoms with Crippen LogP contribution in [0.15, 0.2) is 48.8 Å². The van der Waals surface area contributed by atoms with Crippen LogP contribution in [0.25, 0.3) is 0 Å². The van der Waals surface area contributed by atoms with Crippen LogP contribution in [0.5, 0.6) is 5.75 Å². The van der Waals surface area contributed by atoms with Gasteiger partial charge in [0.25, 0.3) is 5.91 Å². The number of rotatable bonds is 5. The molecule has 0 aliphatic carbocycles. The summed E-state index contributed by atoms with van der Waals surface area (Å²) in [5.74, 6) is -0.00137. The van der Waals surface area contributed by atoms with Crippen LogP contribution in [0.4, 0.5) is 10.2 Å². The van der Waals surface area contributed by atoms with Crippen molar-refractivity contribution in [3.05, 3.63) is 70.9 Å². The summed E-state index contributed by atoms with van der Waals surface area (Å²) in [7, 11) is 0. The van der Waals surface area contributed by atoms with Gasteiger partial charge in [-0.2, -0.15) is 5.10 Å². The molecule has 1 amide bonds. The van der Waals surface area contributed by atoms with E-state index in [-0.39, 0.29) is 23.4 Å². The van der Waals surface area contributed by atoms with Gasteiger partial charge in [0.2, 0.25) is 0 Å². The number of hydrogen-bond donors (Lipinski definition) is 1. The lowest BCUT2D eigenvalue weighted by Gasteiger charge is -2.07. The maximum Gasteiger partial charge on any atom is 0.277 e. The smallest absolute Gasteiger partial charge is 0.277 e. The molecule has 0 unspecified atom stereocenters. The highest BCUT2D eigenvalue weighted by Crippen LogP contribution is 2.21. The van der Waals surface area contributed by atoms with Gasteiger partial charge in [0.05, 0.1) is 5.02 Å². The maximum absolute atomic E-state index is 13.1. The molecule has 0 aliphatic heterocycles. The number of anilines is 1.